The van der Waals surface area contributed by atoms with Crippen LogP contribution in [0.25, 0.3) is 0 Å². The van der Waals surface area contributed by atoms with Crippen molar-refractivity contribution in [3.05, 3.63) is 0 Å². The smallest absolute Gasteiger partial charge is 0.191 e. The summed E-state index contributed by atoms with van der Waals surface area (Å²) >= 11 is 0. The maximum atomic E-state index is 5.58. The van der Waals surface area contributed by atoms with Crippen LogP contribution in [0.4, 0.5) is 0 Å². The molecule has 0 saturated carbocycles. The minimum atomic E-state index is 0. The van der Waals surface area contributed by atoms with E-state index >= 15 is 0 Å². The number of rotatable bonds is 10. The van der Waals surface area contributed by atoms with Crippen molar-refractivity contribution >= 4 is 29.9 Å². The van der Waals surface area contributed by atoms with Gasteiger partial charge >= 0.3 is 0 Å². The molecule has 6 heteroatoms. The lowest BCUT2D eigenvalue weighted by Crippen LogP contribution is -2.54. The van der Waals surface area contributed by atoms with Crippen LogP contribution >= 0.6 is 24.0 Å². The summed E-state index contributed by atoms with van der Waals surface area (Å²) in [5.41, 5.74) is 0.168. The SMILES string of the molecule is CCCCOCCCNC(=NC)NCC(C)(C)N1CCCCC1.I. The van der Waals surface area contributed by atoms with E-state index in [1.165, 1.54) is 38.8 Å². The third-order valence-corrected chi connectivity index (χ3v) is 4.52. The van der Waals surface area contributed by atoms with E-state index in [9.17, 15) is 0 Å². The summed E-state index contributed by atoms with van der Waals surface area (Å²) in [5.74, 6) is 0.892. The highest BCUT2D eigenvalue weighted by Crippen LogP contribution is 2.19. The molecule has 144 valence electrons. The van der Waals surface area contributed by atoms with Gasteiger partial charge in [0.1, 0.15) is 0 Å². The van der Waals surface area contributed by atoms with E-state index in [2.05, 4.69) is 41.3 Å². The molecule has 1 aliphatic rings. The van der Waals surface area contributed by atoms with Crippen LogP contribution in [0.1, 0.15) is 59.3 Å². The first-order valence-corrected chi connectivity index (χ1v) is 9.37. The second-order valence-electron chi connectivity index (χ2n) is 7.03. The van der Waals surface area contributed by atoms with Gasteiger partial charge in [0.25, 0.3) is 0 Å². The van der Waals surface area contributed by atoms with Crippen LogP contribution in [0.3, 0.4) is 0 Å². The number of likely N-dealkylation sites (tertiary alicyclic amines) is 1. The molecule has 0 amide bonds. The Kier molecular flexibility index (Phi) is 14.1. The largest absolute Gasteiger partial charge is 0.381 e. The minimum Gasteiger partial charge on any atom is -0.381 e. The molecule has 0 aliphatic carbocycles. The molecule has 0 spiro atoms. The highest BCUT2D eigenvalue weighted by Gasteiger charge is 2.27. The monoisotopic (exact) mass is 454 g/mol. The van der Waals surface area contributed by atoms with E-state index in [-0.39, 0.29) is 29.5 Å². The van der Waals surface area contributed by atoms with E-state index < -0.39 is 0 Å². The predicted molar refractivity (Wildman–Crippen MR) is 115 cm³/mol. The standard InChI is InChI=1S/C18H38N4O.HI/c1-5-6-14-23-15-10-11-20-17(19-4)21-16-18(2,3)22-12-8-7-9-13-22;/h5-16H2,1-4H3,(H2,19,20,21);1H. The van der Waals surface area contributed by atoms with Crippen LogP contribution in [-0.2, 0) is 4.74 Å². The van der Waals surface area contributed by atoms with Gasteiger partial charge in [-0.1, -0.05) is 19.8 Å². The summed E-state index contributed by atoms with van der Waals surface area (Å²) in [6.07, 6.45) is 7.40. The number of unbranched alkanes of at least 4 members (excludes halogenated alkanes) is 1. The minimum absolute atomic E-state index is 0. The number of guanidine groups is 1. The summed E-state index contributed by atoms with van der Waals surface area (Å²) in [6.45, 7) is 12.8. The number of nitrogens with one attached hydrogen (secondary N) is 2. The van der Waals surface area contributed by atoms with Crippen molar-refractivity contribution in [1.82, 2.24) is 15.5 Å². The first-order valence-electron chi connectivity index (χ1n) is 9.37. The second-order valence-corrected chi connectivity index (χ2v) is 7.03. The topological polar surface area (TPSA) is 48.9 Å². The third kappa shape index (κ3) is 10.0. The number of nitrogens with zero attached hydrogens (tertiary/aromatic N) is 2. The van der Waals surface area contributed by atoms with Crippen LogP contribution in [0, 0.1) is 0 Å². The zero-order chi connectivity index (χ0) is 17.0. The Balaban J connectivity index is 0.00000529. The fourth-order valence-electron chi connectivity index (χ4n) is 2.86. The molecule has 1 saturated heterocycles. The van der Waals surface area contributed by atoms with Gasteiger partial charge in [0, 0.05) is 38.9 Å². The maximum absolute atomic E-state index is 5.58. The molecule has 5 nitrogen and oxygen atoms in total. The van der Waals surface area contributed by atoms with Crippen LogP contribution in [-0.4, -0.2) is 62.8 Å². The molecule has 0 aromatic rings. The van der Waals surface area contributed by atoms with Crippen molar-refractivity contribution < 1.29 is 4.74 Å². The summed E-state index contributed by atoms with van der Waals surface area (Å²) in [7, 11) is 1.83. The summed E-state index contributed by atoms with van der Waals surface area (Å²) < 4.78 is 5.58. The van der Waals surface area contributed by atoms with Gasteiger partial charge in [-0.25, -0.2) is 0 Å². The molecule has 1 aliphatic heterocycles. The molecule has 24 heavy (non-hydrogen) atoms. The van der Waals surface area contributed by atoms with Crippen molar-refractivity contribution in [3.8, 4) is 0 Å². The molecular formula is C18H39IN4O. The van der Waals surface area contributed by atoms with E-state index in [0.717, 1.165) is 45.1 Å². The highest BCUT2D eigenvalue weighted by atomic mass is 127. The van der Waals surface area contributed by atoms with Gasteiger partial charge in [0.2, 0.25) is 0 Å². The first kappa shape index (κ1) is 23.9. The lowest BCUT2D eigenvalue weighted by molar-refractivity contribution is 0.0982. The zero-order valence-corrected chi connectivity index (χ0v) is 18.5. The summed E-state index contributed by atoms with van der Waals surface area (Å²) in [4.78, 5) is 6.91. The number of hydrogen-bond donors (Lipinski definition) is 2. The Bertz CT molecular complexity index is 331. The fraction of sp³-hybridized carbons (Fsp3) is 0.944. The molecule has 0 unspecified atom stereocenters. The van der Waals surface area contributed by atoms with Gasteiger partial charge in [-0.05, 0) is 52.6 Å². The van der Waals surface area contributed by atoms with Gasteiger partial charge in [0.05, 0.1) is 0 Å². The number of halogens is 1. The van der Waals surface area contributed by atoms with Crippen molar-refractivity contribution in [2.75, 3.05) is 46.4 Å². The molecule has 0 radical (unpaired) electrons. The maximum Gasteiger partial charge on any atom is 0.191 e. The predicted octanol–water partition coefficient (Wildman–Crippen LogP) is 3.24. The average molecular weight is 454 g/mol. The number of hydrogen-bond acceptors (Lipinski definition) is 3. The van der Waals surface area contributed by atoms with Crippen LogP contribution in [0.2, 0.25) is 0 Å². The number of ether oxygens (including phenoxy) is 1. The molecule has 0 bridgehead atoms. The Morgan fingerprint density at radius 3 is 2.38 bits per heavy atom. The van der Waals surface area contributed by atoms with Gasteiger partial charge in [-0.3, -0.25) is 9.89 Å². The third-order valence-electron chi connectivity index (χ3n) is 4.52. The van der Waals surface area contributed by atoms with E-state index in [0.29, 0.717) is 0 Å². The van der Waals surface area contributed by atoms with Crippen molar-refractivity contribution in [1.29, 1.82) is 0 Å². The highest BCUT2D eigenvalue weighted by molar-refractivity contribution is 14.0. The van der Waals surface area contributed by atoms with Gasteiger partial charge in [-0.15, -0.1) is 24.0 Å². The van der Waals surface area contributed by atoms with Crippen molar-refractivity contribution in [3.63, 3.8) is 0 Å². The molecule has 0 aromatic heterocycles. The van der Waals surface area contributed by atoms with E-state index in [4.69, 9.17) is 4.74 Å². The second kappa shape index (κ2) is 14.1. The Hall–Kier alpha value is -0.0800. The van der Waals surface area contributed by atoms with E-state index in [1.54, 1.807) is 0 Å². The Labute approximate surface area is 166 Å². The molecule has 1 heterocycles. The average Bonchev–Trinajstić information content (AvgIpc) is 2.57. The van der Waals surface area contributed by atoms with Gasteiger partial charge in [-0.2, -0.15) is 0 Å². The normalized spacial score (nSPS) is 16.6. The first-order chi connectivity index (χ1) is 11.1. The molecule has 1 fully saturated rings. The Morgan fingerprint density at radius 2 is 1.75 bits per heavy atom. The lowest BCUT2D eigenvalue weighted by Gasteiger charge is -2.41. The van der Waals surface area contributed by atoms with Gasteiger partial charge in [0.15, 0.2) is 5.96 Å². The summed E-state index contributed by atoms with van der Waals surface area (Å²) in [5, 5.41) is 6.85. The molecule has 1 rings (SSSR count). The molecule has 0 aromatic carbocycles. The number of aliphatic imine (C=N–C) groups is 1. The zero-order valence-electron chi connectivity index (χ0n) is 16.2. The summed E-state index contributed by atoms with van der Waals surface area (Å²) in [6, 6.07) is 0. The number of piperidine rings is 1. The van der Waals surface area contributed by atoms with Crippen molar-refractivity contribution in [2.24, 2.45) is 4.99 Å². The van der Waals surface area contributed by atoms with Crippen LogP contribution < -0.4 is 10.6 Å². The fourth-order valence-corrected chi connectivity index (χ4v) is 2.86. The quantitative estimate of drug-likeness (QED) is 0.230. The Morgan fingerprint density at radius 1 is 1.08 bits per heavy atom. The van der Waals surface area contributed by atoms with E-state index in [1.807, 2.05) is 7.05 Å². The lowest BCUT2D eigenvalue weighted by atomic mass is 9.98. The molecular weight excluding hydrogens is 415 g/mol. The van der Waals surface area contributed by atoms with Gasteiger partial charge < -0.3 is 15.4 Å². The molecule has 2 N–H and O–H groups in total. The molecule has 0 atom stereocenters. The van der Waals surface area contributed by atoms with Crippen LogP contribution in [0.5, 0.6) is 0 Å². The van der Waals surface area contributed by atoms with Crippen molar-refractivity contribution in [2.45, 2.75) is 64.8 Å². The van der Waals surface area contributed by atoms with Crippen LogP contribution in [0.15, 0.2) is 4.99 Å².